The molecule has 0 bridgehead atoms. The van der Waals surface area contributed by atoms with E-state index in [1.54, 1.807) is 0 Å². The van der Waals surface area contributed by atoms with Crippen molar-refractivity contribution < 1.29 is 0 Å². The van der Waals surface area contributed by atoms with Gasteiger partial charge in [0.05, 0.1) is 0 Å². The van der Waals surface area contributed by atoms with Gasteiger partial charge in [-0.05, 0) is 46.2 Å². The molecule has 112 valence electrons. The molecule has 1 heteroatoms. The molecule has 1 nitrogen and oxygen atoms in total. The van der Waals surface area contributed by atoms with E-state index in [0.717, 1.165) is 0 Å². The predicted molar refractivity (Wildman–Crippen MR) is 98.4 cm³/mol. The van der Waals surface area contributed by atoms with Crippen LogP contribution in [-0.4, -0.2) is 7.05 Å². The lowest BCUT2D eigenvalue weighted by molar-refractivity contribution is 1.43. The van der Waals surface area contributed by atoms with Crippen molar-refractivity contribution in [2.24, 2.45) is 0 Å². The van der Waals surface area contributed by atoms with Crippen molar-refractivity contribution in [1.29, 1.82) is 0 Å². The molecule has 0 aliphatic rings. The number of aryl methyl sites for hydroxylation is 1. The number of fused-ring (bicyclic) bond motifs is 3. The van der Waals surface area contributed by atoms with Crippen LogP contribution in [0.2, 0.25) is 0 Å². The molecule has 0 fully saturated rings. The van der Waals surface area contributed by atoms with Gasteiger partial charge < -0.3 is 5.32 Å². The number of benzene rings is 3. The van der Waals surface area contributed by atoms with Gasteiger partial charge in [0.15, 0.2) is 0 Å². The van der Waals surface area contributed by atoms with Crippen LogP contribution in [0.4, 0.5) is 5.69 Å². The molecule has 0 amide bonds. The molecule has 3 aromatic rings. The summed E-state index contributed by atoms with van der Waals surface area (Å²) in [7, 11) is 1.97. The number of rotatable bonds is 1. The van der Waals surface area contributed by atoms with Crippen molar-refractivity contribution in [1.82, 2.24) is 0 Å². The fraction of sp³-hybridized carbons (Fsp3) is 0.300. The molecule has 0 spiro atoms. The minimum absolute atomic E-state index is 1.20. The molecule has 0 radical (unpaired) electrons. The first kappa shape index (κ1) is 17.0. The van der Waals surface area contributed by atoms with E-state index in [1.807, 2.05) is 34.7 Å². The van der Waals surface area contributed by atoms with Gasteiger partial charge in [-0.25, -0.2) is 0 Å². The molecule has 1 N–H and O–H groups in total. The number of nitrogens with one attached hydrogen (secondary N) is 1. The highest BCUT2D eigenvalue weighted by molar-refractivity contribution is 6.08. The smallest absolute Gasteiger partial charge is 0.0373 e. The standard InChI is InChI=1S/C16H15N.2C2H6/c1-11-9-13-8-7-12-5-3-4-6-14(12)15(13)10-16(11)17-2;2*1-2/h3-10,17H,1-2H3;2*1-2H3. The maximum Gasteiger partial charge on any atom is 0.0373 e. The zero-order valence-corrected chi connectivity index (χ0v) is 14.1. The van der Waals surface area contributed by atoms with Gasteiger partial charge in [-0.15, -0.1) is 0 Å². The van der Waals surface area contributed by atoms with Crippen molar-refractivity contribution in [3.05, 3.63) is 54.1 Å². The van der Waals surface area contributed by atoms with Gasteiger partial charge in [0.1, 0.15) is 0 Å². The molecule has 0 aromatic heterocycles. The summed E-state index contributed by atoms with van der Waals surface area (Å²) in [4.78, 5) is 0. The lowest BCUT2D eigenvalue weighted by Crippen LogP contribution is -1.91. The zero-order valence-electron chi connectivity index (χ0n) is 14.1. The average Bonchev–Trinajstić information content (AvgIpc) is 2.57. The molecule has 0 heterocycles. The number of hydrogen-bond acceptors (Lipinski definition) is 1. The Morgan fingerprint density at radius 1 is 0.714 bits per heavy atom. The quantitative estimate of drug-likeness (QED) is 0.509. The first-order valence-electron chi connectivity index (χ1n) is 7.89. The van der Waals surface area contributed by atoms with Crippen molar-refractivity contribution >= 4 is 27.2 Å². The molecule has 0 aliphatic carbocycles. The van der Waals surface area contributed by atoms with Gasteiger partial charge >= 0.3 is 0 Å². The molecule has 0 unspecified atom stereocenters. The van der Waals surface area contributed by atoms with E-state index in [2.05, 4.69) is 60.8 Å². The average molecular weight is 281 g/mol. The van der Waals surface area contributed by atoms with Crippen molar-refractivity contribution in [3.8, 4) is 0 Å². The van der Waals surface area contributed by atoms with Gasteiger partial charge in [0.2, 0.25) is 0 Å². The molecule has 0 saturated carbocycles. The molecular formula is C20H27N. The summed E-state index contributed by atoms with van der Waals surface area (Å²) in [6, 6.07) is 17.4. The van der Waals surface area contributed by atoms with E-state index in [-0.39, 0.29) is 0 Å². The van der Waals surface area contributed by atoms with Crippen LogP contribution in [0.25, 0.3) is 21.5 Å². The van der Waals surface area contributed by atoms with Gasteiger partial charge in [-0.3, -0.25) is 0 Å². The largest absolute Gasteiger partial charge is 0.388 e. The third kappa shape index (κ3) is 3.55. The van der Waals surface area contributed by atoms with E-state index in [1.165, 1.54) is 32.8 Å². The van der Waals surface area contributed by atoms with Crippen LogP contribution in [0.15, 0.2) is 48.5 Å². The lowest BCUT2D eigenvalue weighted by Gasteiger charge is -2.09. The monoisotopic (exact) mass is 281 g/mol. The third-order valence-corrected chi connectivity index (χ3v) is 3.36. The zero-order chi connectivity index (χ0) is 15.8. The Balaban J connectivity index is 0.000000510. The summed E-state index contributed by atoms with van der Waals surface area (Å²) >= 11 is 0. The highest BCUT2D eigenvalue weighted by Gasteiger charge is 2.03. The molecule has 3 rings (SSSR count). The van der Waals surface area contributed by atoms with Crippen LogP contribution in [0, 0.1) is 6.92 Å². The van der Waals surface area contributed by atoms with Crippen LogP contribution in [0.3, 0.4) is 0 Å². The van der Waals surface area contributed by atoms with Crippen LogP contribution >= 0.6 is 0 Å². The highest BCUT2D eigenvalue weighted by atomic mass is 14.8. The molecular weight excluding hydrogens is 254 g/mol. The summed E-state index contributed by atoms with van der Waals surface area (Å²) in [5.41, 5.74) is 2.49. The Bertz CT molecular complexity index is 699. The first-order valence-corrected chi connectivity index (χ1v) is 7.89. The summed E-state index contributed by atoms with van der Waals surface area (Å²) in [6.07, 6.45) is 0. The van der Waals surface area contributed by atoms with E-state index < -0.39 is 0 Å². The van der Waals surface area contributed by atoms with Crippen LogP contribution in [0.1, 0.15) is 33.3 Å². The van der Waals surface area contributed by atoms with Crippen LogP contribution in [0.5, 0.6) is 0 Å². The fourth-order valence-corrected chi connectivity index (χ4v) is 2.44. The third-order valence-electron chi connectivity index (χ3n) is 3.36. The van der Waals surface area contributed by atoms with Crippen molar-refractivity contribution in [2.75, 3.05) is 12.4 Å². The molecule has 21 heavy (non-hydrogen) atoms. The molecule has 0 atom stereocenters. The number of anilines is 1. The second-order valence-electron chi connectivity index (χ2n) is 4.42. The summed E-state index contributed by atoms with van der Waals surface area (Å²) in [5.74, 6) is 0. The van der Waals surface area contributed by atoms with E-state index >= 15 is 0 Å². The van der Waals surface area contributed by atoms with Gasteiger partial charge in [-0.1, -0.05) is 64.1 Å². The summed E-state index contributed by atoms with van der Waals surface area (Å²) in [6.45, 7) is 10.1. The first-order chi connectivity index (χ1) is 10.3. The van der Waals surface area contributed by atoms with Crippen LogP contribution < -0.4 is 5.32 Å². The second kappa shape index (κ2) is 8.31. The highest BCUT2D eigenvalue weighted by Crippen LogP contribution is 2.29. The van der Waals surface area contributed by atoms with Gasteiger partial charge in [-0.2, -0.15) is 0 Å². The van der Waals surface area contributed by atoms with Crippen LogP contribution in [-0.2, 0) is 0 Å². The minimum Gasteiger partial charge on any atom is -0.388 e. The SMILES string of the molecule is CC.CC.CNc1cc2c(ccc3ccccc32)cc1C. The Hall–Kier alpha value is -2.02. The van der Waals surface area contributed by atoms with Crippen molar-refractivity contribution in [3.63, 3.8) is 0 Å². The molecule has 3 aromatic carbocycles. The van der Waals surface area contributed by atoms with E-state index in [4.69, 9.17) is 0 Å². The summed E-state index contributed by atoms with van der Waals surface area (Å²) < 4.78 is 0. The molecule has 0 saturated heterocycles. The number of hydrogen-bond donors (Lipinski definition) is 1. The van der Waals surface area contributed by atoms with Gasteiger partial charge in [0.25, 0.3) is 0 Å². The summed E-state index contributed by atoms with van der Waals surface area (Å²) in [5, 5.41) is 8.49. The van der Waals surface area contributed by atoms with Gasteiger partial charge in [0, 0.05) is 12.7 Å². The Morgan fingerprint density at radius 2 is 1.33 bits per heavy atom. The Morgan fingerprint density at radius 3 is 2.00 bits per heavy atom. The topological polar surface area (TPSA) is 12.0 Å². The maximum absolute atomic E-state index is 3.25. The maximum atomic E-state index is 3.25. The Labute approximate surface area is 129 Å². The Kier molecular flexibility index (Phi) is 6.74. The van der Waals surface area contributed by atoms with E-state index in [9.17, 15) is 0 Å². The predicted octanol–water partition coefficient (Wildman–Crippen LogP) is 6.40. The molecule has 0 aliphatic heterocycles. The second-order valence-corrected chi connectivity index (χ2v) is 4.42. The normalized spacial score (nSPS) is 9.43. The van der Waals surface area contributed by atoms with Crippen molar-refractivity contribution in [2.45, 2.75) is 34.6 Å². The minimum atomic E-state index is 1.20. The lowest BCUT2D eigenvalue weighted by atomic mass is 9.99. The fourth-order valence-electron chi connectivity index (χ4n) is 2.44. The van der Waals surface area contributed by atoms with E-state index in [0.29, 0.717) is 0 Å².